The third-order valence-corrected chi connectivity index (χ3v) is 4.14. The third-order valence-electron chi connectivity index (χ3n) is 3.32. The highest BCUT2D eigenvalue weighted by Crippen LogP contribution is 2.27. The Bertz CT molecular complexity index is 992. The predicted molar refractivity (Wildman–Crippen MR) is 81.4 cm³/mol. The number of imidazole rings is 1. The summed E-state index contributed by atoms with van der Waals surface area (Å²) < 4.78 is 1.95. The number of rotatable bonds is 2. The van der Waals surface area contributed by atoms with Crippen LogP contribution in [0.2, 0.25) is 0 Å². The summed E-state index contributed by atoms with van der Waals surface area (Å²) in [6.07, 6.45) is 1.80. The first-order chi connectivity index (χ1) is 10.4. The van der Waals surface area contributed by atoms with Crippen LogP contribution >= 0.6 is 11.3 Å². The van der Waals surface area contributed by atoms with Gasteiger partial charge in [-0.3, -0.25) is 4.57 Å². The molecule has 0 aliphatic heterocycles. The SMILES string of the molecule is N#CCc1nc2ccccc2n1-c1ncnc2sccc12. The van der Waals surface area contributed by atoms with Crippen molar-refractivity contribution in [3.8, 4) is 11.9 Å². The highest BCUT2D eigenvalue weighted by Gasteiger charge is 2.15. The van der Waals surface area contributed by atoms with Crippen LogP contribution < -0.4 is 0 Å². The fourth-order valence-corrected chi connectivity index (χ4v) is 3.18. The van der Waals surface area contributed by atoms with Gasteiger partial charge in [0.1, 0.15) is 17.0 Å². The number of hydrogen-bond acceptors (Lipinski definition) is 5. The van der Waals surface area contributed by atoms with Crippen molar-refractivity contribution in [1.29, 1.82) is 5.26 Å². The molecule has 1 aromatic carbocycles. The van der Waals surface area contributed by atoms with Gasteiger partial charge in [0.2, 0.25) is 0 Å². The quantitative estimate of drug-likeness (QED) is 0.569. The molecule has 0 radical (unpaired) electrons. The van der Waals surface area contributed by atoms with Gasteiger partial charge in [-0.15, -0.1) is 11.3 Å². The molecule has 0 N–H and O–H groups in total. The molecule has 3 heterocycles. The van der Waals surface area contributed by atoms with Gasteiger partial charge < -0.3 is 0 Å². The van der Waals surface area contributed by atoms with Gasteiger partial charge >= 0.3 is 0 Å². The van der Waals surface area contributed by atoms with Gasteiger partial charge in [-0.1, -0.05) is 12.1 Å². The van der Waals surface area contributed by atoms with Crippen LogP contribution in [0.25, 0.3) is 27.1 Å². The molecule has 0 spiro atoms. The number of hydrogen-bond donors (Lipinski definition) is 0. The molecular weight excluding hydrogens is 282 g/mol. The molecule has 0 saturated heterocycles. The maximum absolute atomic E-state index is 9.06. The molecule has 0 amide bonds. The second kappa shape index (κ2) is 4.65. The summed E-state index contributed by atoms with van der Waals surface area (Å²) in [5.41, 5.74) is 1.82. The Hall–Kier alpha value is -2.78. The Balaban J connectivity index is 2.12. The second-order valence-corrected chi connectivity index (χ2v) is 5.42. The highest BCUT2D eigenvalue weighted by molar-refractivity contribution is 7.16. The minimum absolute atomic E-state index is 0.240. The van der Waals surface area contributed by atoms with E-state index < -0.39 is 0 Å². The lowest BCUT2D eigenvalue weighted by Gasteiger charge is -2.07. The van der Waals surface area contributed by atoms with Crippen molar-refractivity contribution >= 4 is 32.6 Å². The summed E-state index contributed by atoms with van der Waals surface area (Å²) in [6, 6.07) is 12.0. The van der Waals surface area contributed by atoms with Crippen molar-refractivity contribution in [2.24, 2.45) is 0 Å². The Labute approximate surface area is 124 Å². The molecule has 4 rings (SSSR count). The van der Waals surface area contributed by atoms with Crippen LogP contribution in [0.4, 0.5) is 0 Å². The van der Waals surface area contributed by atoms with E-state index >= 15 is 0 Å². The molecule has 3 aromatic heterocycles. The lowest BCUT2D eigenvalue weighted by molar-refractivity contribution is 0.925. The molecule has 4 aromatic rings. The van der Waals surface area contributed by atoms with E-state index in [2.05, 4.69) is 21.0 Å². The maximum Gasteiger partial charge on any atom is 0.150 e. The third kappa shape index (κ3) is 1.79. The number of nitriles is 1. The molecule has 0 fully saturated rings. The topological polar surface area (TPSA) is 67.4 Å². The molecule has 0 bridgehead atoms. The lowest BCUT2D eigenvalue weighted by atomic mass is 10.3. The Morgan fingerprint density at radius 2 is 2.10 bits per heavy atom. The van der Waals surface area contributed by atoms with Crippen molar-refractivity contribution in [3.05, 3.63) is 47.9 Å². The van der Waals surface area contributed by atoms with Crippen LogP contribution in [0.1, 0.15) is 5.82 Å². The van der Waals surface area contributed by atoms with E-state index in [0.717, 1.165) is 27.1 Å². The zero-order valence-corrected chi connectivity index (χ0v) is 11.7. The average molecular weight is 291 g/mol. The van der Waals surface area contributed by atoms with E-state index in [0.29, 0.717) is 5.82 Å². The van der Waals surface area contributed by atoms with E-state index in [1.165, 1.54) is 0 Å². The summed E-state index contributed by atoms with van der Waals surface area (Å²) in [5, 5.41) is 12.0. The molecule has 21 heavy (non-hydrogen) atoms. The van der Waals surface area contributed by atoms with Crippen LogP contribution in [-0.4, -0.2) is 19.5 Å². The zero-order chi connectivity index (χ0) is 14.2. The largest absolute Gasteiger partial charge is 0.279 e. The summed E-state index contributed by atoms with van der Waals surface area (Å²) in [7, 11) is 0. The number of nitrogens with zero attached hydrogens (tertiary/aromatic N) is 5. The lowest BCUT2D eigenvalue weighted by Crippen LogP contribution is -2.03. The van der Waals surface area contributed by atoms with Crippen LogP contribution in [0.3, 0.4) is 0 Å². The fraction of sp³-hybridized carbons (Fsp3) is 0.0667. The summed E-state index contributed by atoms with van der Waals surface area (Å²) in [4.78, 5) is 14.2. The highest BCUT2D eigenvalue weighted by atomic mass is 32.1. The molecular formula is C15H9N5S. The van der Waals surface area contributed by atoms with Gasteiger partial charge in [0, 0.05) is 0 Å². The normalized spacial score (nSPS) is 11.0. The number of thiophene rings is 1. The monoisotopic (exact) mass is 291 g/mol. The van der Waals surface area contributed by atoms with Crippen LogP contribution in [0, 0.1) is 11.3 Å². The number of benzene rings is 1. The fourth-order valence-electron chi connectivity index (χ4n) is 2.46. The van der Waals surface area contributed by atoms with E-state index in [1.807, 2.05) is 40.3 Å². The molecule has 0 aliphatic carbocycles. The standard InChI is InChI=1S/C15H9N5S/c16-7-5-13-19-11-3-1-2-4-12(11)20(13)14-10-6-8-21-15(10)18-9-17-14/h1-4,6,8-9H,5H2. The minimum Gasteiger partial charge on any atom is -0.279 e. The number of aromatic nitrogens is 4. The van der Waals surface area contributed by atoms with Gasteiger partial charge in [0.05, 0.1) is 28.9 Å². The van der Waals surface area contributed by atoms with Gasteiger partial charge in [-0.25, -0.2) is 15.0 Å². The molecule has 0 unspecified atom stereocenters. The van der Waals surface area contributed by atoms with Crippen LogP contribution in [-0.2, 0) is 6.42 Å². The van der Waals surface area contributed by atoms with Crippen LogP contribution in [0.15, 0.2) is 42.0 Å². The number of fused-ring (bicyclic) bond motifs is 2. The molecule has 6 heteroatoms. The first-order valence-corrected chi connectivity index (χ1v) is 7.28. The number of para-hydroxylation sites is 2. The van der Waals surface area contributed by atoms with Crippen molar-refractivity contribution in [2.75, 3.05) is 0 Å². The van der Waals surface area contributed by atoms with E-state index in [9.17, 15) is 0 Å². The van der Waals surface area contributed by atoms with Gasteiger partial charge in [0.25, 0.3) is 0 Å². The Morgan fingerprint density at radius 1 is 1.19 bits per heavy atom. The zero-order valence-electron chi connectivity index (χ0n) is 10.9. The van der Waals surface area contributed by atoms with Gasteiger partial charge in [-0.2, -0.15) is 5.26 Å². The molecule has 0 atom stereocenters. The smallest absolute Gasteiger partial charge is 0.150 e. The Kier molecular flexibility index (Phi) is 2.66. The summed E-state index contributed by atoms with van der Waals surface area (Å²) in [5.74, 6) is 1.48. The first kappa shape index (κ1) is 12.0. The van der Waals surface area contributed by atoms with E-state index in [-0.39, 0.29) is 6.42 Å². The average Bonchev–Trinajstić information content (AvgIpc) is 3.11. The molecule has 100 valence electrons. The second-order valence-electron chi connectivity index (χ2n) is 4.52. The van der Waals surface area contributed by atoms with E-state index in [1.54, 1.807) is 17.7 Å². The Morgan fingerprint density at radius 3 is 3.00 bits per heavy atom. The summed E-state index contributed by atoms with van der Waals surface area (Å²) >= 11 is 1.57. The molecule has 5 nitrogen and oxygen atoms in total. The molecule has 0 saturated carbocycles. The first-order valence-electron chi connectivity index (χ1n) is 6.40. The molecule has 0 aliphatic rings. The van der Waals surface area contributed by atoms with Gasteiger partial charge in [-0.05, 0) is 23.6 Å². The van der Waals surface area contributed by atoms with E-state index in [4.69, 9.17) is 5.26 Å². The predicted octanol–water partition coefficient (Wildman–Crippen LogP) is 3.10. The maximum atomic E-state index is 9.06. The van der Waals surface area contributed by atoms with Crippen molar-refractivity contribution in [3.63, 3.8) is 0 Å². The summed E-state index contributed by atoms with van der Waals surface area (Å²) in [6.45, 7) is 0. The minimum atomic E-state index is 0.240. The van der Waals surface area contributed by atoms with Crippen molar-refractivity contribution in [2.45, 2.75) is 6.42 Å². The van der Waals surface area contributed by atoms with Crippen molar-refractivity contribution in [1.82, 2.24) is 19.5 Å². The van der Waals surface area contributed by atoms with Gasteiger partial charge in [0.15, 0.2) is 5.82 Å². The van der Waals surface area contributed by atoms with Crippen LogP contribution in [0.5, 0.6) is 0 Å². The van der Waals surface area contributed by atoms with Crippen molar-refractivity contribution < 1.29 is 0 Å².